The number of hydrogen-bond donors (Lipinski definition) is 4. The van der Waals surface area contributed by atoms with Gasteiger partial charge in [0.05, 0.1) is 0 Å². The predicted octanol–water partition coefficient (Wildman–Crippen LogP) is 22.3. The van der Waals surface area contributed by atoms with Crippen LogP contribution in [0, 0.1) is 11.8 Å². The molecular weight excluding hydrogens is 971 g/mol. The fraction of sp³-hybridized carbons (Fsp3) is 0.600. The zero-order chi connectivity index (χ0) is 55.0. The van der Waals surface area contributed by atoms with Crippen LogP contribution in [0.15, 0.2) is 78.9 Å². The highest BCUT2D eigenvalue weighted by Crippen LogP contribution is 2.39. The Kier molecular flexibility index (Phi) is 29.9. The predicted molar refractivity (Wildman–Crippen MR) is 367 cm³/mol. The van der Waals surface area contributed by atoms with Gasteiger partial charge in [0.2, 0.25) is 0 Å². The molecule has 0 fully saturated rings. The summed E-state index contributed by atoms with van der Waals surface area (Å²) in [7, 11) is 0. The lowest BCUT2D eigenvalue weighted by atomic mass is 9.88. The number of fused-ring (bicyclic) bond motifs is 5. The van der Waals surface area contributed by atoms with E-state index in [0.29, 0.717) is 65.3 Å². The zero-order valence-corrected chi connectivity index (χ0v) is 51.0. The van der Waals surface area contributed by atoms with Gasteiger partial charge in [-0.1, -0.05) is 210 Å². The molecule has 80 heavy (non-hydrogen) atoms. The molecular formula is C75H125N5. The maximum atomic E-state index is 3.63. The minimum atomic E-state index is 0. The quantitative estimate of drug-likeness (QED) is 0.112. The van der Waals surface area contributed by atoms with Crippen molar-refractivity contribution in [2.45, 2.75) is 261 Å². The summed E-state index contributed by atoms with van der Waals surface area (Å²) in [6, 6.07) is 31.5. The van der Waals surface area contributed by atoms with Gasteiger partial charge in [0.25, 0.3) is 0 Å². The second-order valence-electron chi connectivity index (χ2n) is 25.8. The third-order valence-electron chi connectivity index (χ3n) is 16.7. The van der Waals surface area contributed by atoms with E-state index < -0.39 is 0 Å². The lowest BCUT2D eigenvalue weighted by molar-refractivity contribution is 0.533. The molecule has 4 N–H and O–H groups in total. The fourth-order valence-corrected chi connectivity index (χ4v) is 11.5. The van der Waals surface area contributed by atoms with Crippen LogP contribution in [0.3, 0.4) is 0 Å². The molecule has 10 rings (SSSR count). The Balaban J connectivity index is 0.000000492. The van der Waals surface area contributed by atoms with Crippen molar-refractivity contribution in [1.29, 1.82) is 0 Å². The van der Waals surface area contributed by atoms with E-state index in [1.807, 2.05) is 0 Å². The summed E-state index contributed by atoms with van der Waals surface area (Å²) in [5.74, 6) is 6.51. The Bertz CT molecular complexity index is 2590. The van der Waals surface area contributed by atoms with E-state index in [4.69, 9.17) is 0 Å². The molecule has 450 valence electrons. The maximum Gasteiger partial charge on any atom is 0.0404 e. The first-order chi connectivity index (χ1) is 35.4. The summed E-state index contributed by atoms with van der Waals surface area (Å²) in [6.07, 6.45) is 4.78. The molecule has 5 aliphatic rings. The molecule has 0 saturated heterocycles. The molecule has 0 bridgehead atoms. The highest BCUT2D eigenvalue weighted by molar-refractivity contribution is 5.64. The average molecular weight is 1100 g/mol. The number of anilines is 5. The van der Waals surface area contributed by atoms with Crippen molar-refractivity contribution in [3.63, 3.8) is 0 Å². The molecule has 5 aromatic rings. The Morgan fingerprint density at radius 1 is 0.400 bits per heavy atom. The van der Waals surface area contributed by atoms with E-state index in [-0.39, 0.29) is 37.1 Å². The minimum Gasteiger partial charge on any atom is -0.384 e. The van der Waals surface area contributed by atoms with Gasteiger partial charge in [0.1, 0.15) is 0 Å². The first-order valence-corrected chi connectivity index (χ1v) is 29.9. The second-order valence-corrected chi connectivity index (χ2v) is 25.8. The lowest BCUT2D eigenvalue weighted by Crippen LogP contribution is -2.28. The Morgan fingerprint density at radius 3 is 1.44 bits per heavy atom. The van der Waals surface area contributed by atoms with Crippen molar-refractivity contribution >= 4 is 28.4 Å². The lowest BCUT2D eigenvalue weighted by Gasteiger charge is -2.24. The number of nitrogens with zero attached hydrogens (tertiary/aromatic N) is 1. The van der Waals surface area contributed by atoms with E-state index >= 15 is 0 Å². The molecule has 0 spiro atoms. The van der Waals surface area contributed by atoms with Gasteiger partial charge in [-0.15, -0.1) is 0 Å². The van der Waals surface area contributed by atoms with Gasteiger partial charge in [-0.2, -0.15) is 0 Å². The Labute approximate surface area is 496 Å². The molecule has 5 aliphatic heterocycles. The molecule has 2 unspecified atom stereocenters. The van der Waals surface area contributed by atoms with Crippen molar-refractivity contribution in [3.05, 3.63) is 146 Å². The van der Waals surface area contributed by atoms with Crippen LogP contribution >= 0.6 is 0 Å². The average Bonchev–Trinajstić information content (AvgIpc) is 4.22. The van der Waals surface area contributed by atoms with Crippen molar-refractivity contribution in [3.8, 4) is 0 Å². The molecule has 0 radical (unpaired) electrons. The van der Waals surface area contributed by atoms with E-state index in [9.17, 15) is 0 Å². The number of benzene rings is 5. The van der Waals surface area contributed by atoms with Gasteiger partial charge < -0.3 is 26.2 Å². The summed E-state index contributed by atoms with van der Waals surface area (Å²) >= 11 is 0. The molecule has 5 aromatic carbocycles. The van der Waals surface area contributed by atoms with Crippen LogP contribution in [-0.4, -0.2) is 38.3 Å². The van der Waals surface area contributed by atoms with Gasteiger partial charge >= 0.3 is 0 Å². The van der Waals surface area contributed by atoms with Crippen molar-refractivity contribution in [2.75, 3.05) is 52.3 Å². The molecule has 0 saturated carbocycles. The van der Waals surface area contributed by atoms with Crippen LogP contribution < -0.4 is 26.2 Å². The smallest absolute Gasteiger partial charge is 0.0404 e. The Morgan fingerprint density at radius 2 is 0.900 bits per heavy atom. The van der Waals surface area contributed by atoms with Crippen LogP contribution in [-0.2, 0) is 25.7 Å². The molecule has 0 aliphatic carbocycles. The van der Waals surface area contributed by atoms with Crippen LogP contribution in [0.1, 0.15) is 290 Å². The highest BCUT2D eigenvalue weighted by atomic mass is 15.2. The van der Waals surface area contributed by atoms with Crippen molar-refractivity contribution < 1.29 is 0 Å². The van der Waals surface area contributed by atoms with Crippen LogP contribution in [0.5, 0.6) is 0 Å². The molecule has 0 amide bonds. The number of hydrogen-bond acceptors (Lipinski definition) is 5. The Hall–Kier alpha value is -4.90. The number of rotatable bonds is 10. The SMILES string of the molecule is C.C.C.C.C.CC(C)c1cc2c(c(C(C)C)c1)CCN2.CC(C)c1cc2c(cc1C(C)C)NCC2.CC(C)c1ccc2c(c1)N(C(C)C)CC2.CC(C)c1ccc2c(c1)NC(C(C)C)C2.CC(C)c1ccc2c(c1)NCC2C(C)C. The largest absolute Gasteiger partial charge is 0.384 e. The summed E-state index contributed by atoms with van der Waals surface area (Å²) < 4.78 is 0. The van der Waals surface area contributed by atoms with Gasteiger partial charge in [0.15, 0.2) is 0 Å². The first kappa shape index (κ1) is 73.1. The summed E-state index contributed by atoms with van der Waals surface area (Å²) in [5, 5.41) is 14.1. The summed E-state index contributed by atoms with van der Waals surface area (Å²) in [6.45, 7) is 50.0. The number of nitrogens with one attached hydrogen (secondary N) is 4. The van der Waals surface area contributed by atoms with Crippen LogP contribution in [0.4, 0.5) is 28.4 Å². The monoisotopic (exact) mass is 1100 g/mol. The van der Waals surface area contributed by atoms with Crippen LogP contribution in [0.25, 0.3) is 0 Å². The maximum absolute atomic E-state index is 3.63. The standard InChI is InChI=1S/5C14H21N.5CH4/c1-9(2)11-7-13(10(3)4)12-5-6-15-14(12)8-11;1-9(2)12-7-11-5-6-15-14(11)8-13(12)10(3)4;1-9(2)11-5-6-12-13(10(3)4)8-15-14(12)7-11;1-9(2)11-5-6-12-8-13(10(3)4)15-14(12)7-11;1-10(2)13-6-5-12-7-8-15(11(3)4)14(12)9-13;;;;;/h2*7-10,15H,5-6H2,1-4H3;2*5-7,9-10,13,15H,8H2,1-4H3;5-6,9-11H,7-8H2,1-4H3;5*1H4. The molecule has 2 atom stereocenters. The normalized spacial score (nSPS) is 15.6. The van der Waals surface area contributed by atoms with E-state index in [2.05, 4.69) is 244 Å². The van der Waals surface area contributed by atoms with Gasteiger partial charge in [0, 0.05) is 72.6 Å². The molecule has 0 aromatic heterocycles. The highest BCUT2D eigenvalue weighted by Gasteiger charge is 2.27. The molecule has 5 heteroatoms. The third-order valence-corrected chi connectivity index (χ3v) is 16.7. The summed E-state index contributed by atoms with van der Waals surface area (Å²) in [5.41, 5.74) is 24.9. The fourth-order valence-electron chi connectivity index (χ4n) is 11.5. The van der Waals surface area contributed by atoms with Gasteiger partial charge in [-0.3, -0.25) is 0 Å². The van der Waals surface area contributed by atoms with E-state index in [1.54, 1.807) is 11.1 Å². The second kappa shape index (κ2) is 32.7. The first-order valence-electron chi connectivity index (χ1n) is 29.9. The van der Waals surface area contributed by atoms with Gasteiger partial charge in [-0.25, -0.2) is 0 Å². The van der Waals surface area contributed by atoms with Crippen molar-refractivity contribution in [1.82, 2.24) is 0 Å². The van der Waals surface area contributed by atoms with E-state index in [1.165, 1.54) is 116 Å². The minimum absolute atomic E-state index is 0. The van der Waals surface area contributed by atoms with E-state index in [0.717, 1.165) is 25.6 Å². The molecule has 5 nitrogen and oxygen atoms in total. The topological polar surface area (TPSA) is 51.4 Å². The third kappa shape index (κ3) is 18.3. The zero-order valence-electron chi connectivity index (χ0n) is 51.0. The van der Waals surface area contributed by atoms with Gasteiger partial charge in [-0.05, 0) is 190 Å². The van der Waals surface area contributed by atoms with Crippen molar-refractivity contribution in [2.24, 2.45) is 11.8 Å². The van der Waals surface area contributed by atoms with Crippen LogP contribution in [0.2, 0.25) is 0 Å². The molecule has 5 heterocycles. The summed E-state index contributed by atoms with van der Waals surface area (Å²) in [4.78, 5) is 2.52.